The number of benzene rings is 1. The number of urea groups is 1. The summed E-state index contributed by atoms with van der Waals surface area (Å²) < 4.78 is 0. The van der Waals surface area contributed by atoms with Crippen LogP contribution in [0.3, 0.4) is 0 Å². The van der Waals surface area contributed by atoms with Crippen molar-refractivity contribution in [3.05, 3.63) is 41.1 Å². The molecule has 108 valence electrons. The largest absolute Gasteiger partial charge is 0.324 e. The van der Waals surface area contributed by atoms with E-state index in [1.165, 1.54) is 6.42 Å². The molecule has 0 bridgehead atoms. The van der Waals surface area contributed by atoms with Gasteiger partial charge in [-0.2, -0.15) is 0 Å². The first kappa shape index (κ1) is 14.9. The van der Waals surface area contributed by atoms with Crippen LogP contribution in [0.25, 0.3) is 6.08 Å². The number of piperidine rings is 1. The molecule has 2 rings (SSSR count). The van der Waals surface area contributed by atoms with Crippen LogP contribution in [0.15, 0.2) is 30.5 Å². The Kier molecular flexibility index (Phi) is 5.07. The summed E-state index contributed by atoms with van der Waals surface area (Å²) in [6, 6.07) is 7.49. The maximum atomic E-state index is 12.1. The predicted octanol–water partition coefficient (Wildman–Crippen LogP) is 4.00. The number of rotatable bonds is 2. The van der Waals surface area contributed by atoms with Gasteiger partial charge in [0, 0.05) is 24.3 Å². The Hall–Kier alpha value is -1.48. The van der Waals surface area contributed by atoms with E-state index in [0.29, 0.717) is 16.9 Å². The average Bonchev–Trinajstić information content (AvgIpc) is 2.37. The molecule has 2 unspecified atom stereocenters. The zero-order chi connectivity index (χ0) is 14.5. The van der Waals surface area contributed by atoms with Crippen LogP contribution in [-0.2, 0) is 0 Å². The van der Waals surface area contributed by atoms with E-state index in [4.69, 9.17) is 11.6 Å². The molecule has 1 fully saturated rings. The fraction of sp³-hybridized carbons (Fsp3) is 0.438. The minimum atomic E-state index is -0.0262. The van der Waals surface area contributed by atoms with Gasteiger partial charge in [0.05, 0.1) is 0 Å². The predicted molar refractivity (Wildman–Crippen MR) is 83.5 cm³/mol. The number of carbonyl (C=O) groups excluding carboxylic acids is 1. The monoisotopic (exact) mass is 292 g/mol. The molecule has 2 amide bonds. The molecule has 1 aromatic rings. The first-order valence-electron chi connectivity index (χ1n) is 7.02. The molecule has 20 heavy (non-hydrogen) atoms. The molecule has 3 nitrogen and oxygen atoms in total. The van der Waals surface area contributed by atoms with Gasteiger partial charge < -0.3 is 10.2 Å². The number of carbonyl (C=O) groups is 1. The van der Waals surface area contributed by atoms with Crippen molar-refractivity contribution in [1.29, 1.82) is 0 Å². The van der Waals surface area contributed by atoms with Crippen molar-refractivity contribution in [3.63, 3.8) is 0 Å². The summed E-state index contributed by atoms with van der Waals surface area (Å²) in [5.41, 5.74) is 0.971. The smallest absolute Gasteiger partial charge is 0.321 e. The Bertz CT molecular complexity index is 491. The van der Waals surface area contributed by atoms with Crippen LogP contribution >= 0.6 is 11.6 Å². The highest BCUT2D eigenvalue weighted by Crippen LogP contribution is 2.20. The van der Waals surface area contributed by atoms with E-state index < -0.39 is 0 Å². The van der Waals surface area contributed by atoms with Gasteiger partial charge >= 0.3 is 6.03 Å². The summed E-state index contributed by atoms with van der Waals surface area (Å²) in [4.78, 5) is 14.0. The van der Waals surface area contributed by atoms with Gasteiger partial charge in [-0.3, -0.25) is 0 Å². The van der Waals surface area contributed by atoms with E-state index in [2.05, 4.69) is 19.2 Å². The third-order valence-electron chi connectivity index (χ3n) is 3.49. The average molecular weight is 293 g/mol. The molecule has 1 saturated heterocycles. The first-order chi connectivity index (χ1) is 9.54. The number of likely N-dealkylation sites (tertiary alicyclic amines) is 1. The molecule has 0 radical (unpaired) electrons. The van der Waals surface area contributed by atoms with E-state index in [1.54, 1.807) is 6.20 Å². The molecule has 2 atom stereocenters. The van der Waals surface area contributed by atoms with Gasteiger partial charge in [0.25, 0.3) is 0 Å². The molecule has 1 heterocycles. The lowest BCUT2D eigenvalue weighted by molar-refractivity contribution is 0.149. The summed E-state index contributed by atoms with van der Waals surface area (Å²) in [6.07, 6.45) is 4.72. The van der Waals surface area contributed by atoms with Crippen molar-refractivity contribution in [3.8, 4) is 0 Å². The SMILES string of the molecule is CC1CC(C)CN(C(=O)N/C=C/c2cccc(Cl)c2)C1. The quantitative estimate of drug-likeness (QED) is 0.878. The molecule has 0 spiro atoms. The maximum Gasteiger partial charge on any atom is 0.321 e. The highest BCUT2D eigenvalue weighted by molar-refractivity contribution is 6.30. The van der Waals surface area contributed by atoms with Gasteiger partial charge in [0.1, 0.15) is 0 Å². The fourth-order valence-corrected chi connectivity index (χ4v) is 2.94. The van der Waals surface area contributed by atoms with Crippen LogP contribution in [0.4, 0.5) is 4.79 Å². The van der Waals surface area contributed by atoms with Gasteiger partial charge in [-0.1, -0.05) is 37.6 Å². The van der Waals surface area contributed by atoms with Crippen LogP contribution in [0.5, 0.6) is 0 Å². The number of hydrogen-bond acceptors (Lipinski definition) is 1. The lowest BCUT2D eigenvalue weighted by atomic mass is 9.92. The zero-order valence-electron chi connectivity index (χ0n) is 12.0. The van der Waals surface area contributed by atoms with Crippen LogP contribution in [-0.4, -0.2) is 24.0 Å². The van der Waals surface area contributed by atoms with Crippen LogP contribution in [0, 0.1) is 11.8 Å². The molecule has 1 aliphatic heterocycles. The van der Waals surface area contributed by atoms with Crippen molar-refractivity contribution < 1.29 is 4.79 Å². The maximum absolute atomic E-state index is 12.1. The van der Waals surface area contributed by atoms with Crippen molar-refractivity contribution in [2.45, 2.75) is 20.3 Å². The number of hydrogen-bond donors (Lipinski definition) is 1. The van der Waals surface area contributed by atoms with E-state index in [1.807, 2.05) is 35.2 Å². The minimum absolute atomic E-state index is 0.0262. The number of nitrogens with zero attached hydrogens (tertiary/aromatic N) is 1. The summed E-state index contributed by atoms with van der Waals surface area (Å²) in [7, 11) is 0. The minimum Gasteiger partial charge on any atom is -0.324 e. The van der Waals surface area contributed by atoms with E-state index in [9.17, 15) is 4.79 Å². The standard InChI is InChI=1S/C16H21ClN2O/c1-12-8-13(2)11-19(10-12)16(20)18-7-6-14-4-3-5-15(17)9-14/h3-7,9,12-13H,8,10-11H2,1-2H3,(H,18,20)/b7-6+. The van der Waals surface area contributed by atoms with Gasteiger partial charge in [0.2, 0.25) is 0 Å². The number of halogens is 1. The van der Waals surface area contributed by atoms with Crippen molar-refractivity contribution in [1.82, 2.24) is 10.2 Å². The summed E-state index contributed by atoms with van der Waals surface area (Å²) in [5, 5.41) is 3.52. The molecule has 4 heteroatoms. The second-order valence-corrected chi connectivity index (χ2v) is 6.13. The lowest BCUT2D eigenvalue weighted by Crippen LogP contribution is -2.46. The molecular weight excluding hydrogens is 272 g/mol. The van der Waals surface area contributed by atoms with Crippen LogP contribution < -0.4 is 5.32 Å². The van der Waals surface area contributed by atoms with E-state index in [-0.39, 0.29) is 6.03 Å². The Labute approximate surface area is 125 Å². The molecule has 1 aliphatic rings. The Morgan fingerprint density at radius 3 is 2.70 bits per heavy atom. The summed E-state index contributed by atoms with van der Waals surface area (Å²) in [5.74, 6) is 1.14. The third-order valence-corrected chi connectivity index (χ3v) is 3.72. The molecule has 0 aromatic heterocycles. The van der Waals surface area contributed by atoms with E-state index in [0.717, 1.165) is 18.7 Å². The molecule has 1 N–H and O–H groups in total. The van der Waals surface area contributed by atoms with Gasteiger partial charge in [-0.15, -0.1) is 0 Å². The Morgan fingerprint density at radius 2 is 2.05 bits per heavy atom. The van der Waals surface area contributed by atoms with Crippen LogP contribution in [0.2, 0.25) is 5.02 Å². The molecule has 1 aromatic carbocycles. The zero-order valence-corrected chi connectivity index (χ0v) is 12.7. The highest BCUT2D eigenvalue weighted by Gasteiger charge is 2.24. The second-order valence-electron chi connectivity index (χ2n) is 5.69. The van der Waals surface area contributed by atoms with Gasteiger partial charge in [-0.05, 0) is 42.0 Å². The summed E-state index contributed by atoms with van der Waals surface area (Å²) >= 11 is 5.91. The molecular formula is C16H21ClN2O. The third kappa shape index (κ3) is 4.27. The Balaban J connectivity index is 1.88. The van der Waals surface area contributed by atoms with Crippen molar-refractivity contribution in [2.24, 2.45) is 11.8 Å². The van der Waals surface area contributed by atoms with E-state index >= 15 is 0 Å². The van der Waals surface area contributed by atoms with Gasteiger partial charge in [-0.25, -0.2) is 4.79 Å². The number of amides is 2. The van der Waals surface area contributed by atoms with Crippen molar-refractivity contribution >= 4 is 23.7 Å². The topological polar surface area (TPSA) is 32.3 Å². The number of nitrogens with one attached hydrogen (secondary N) is 1. The second kappa shape index (κ2) is 6.80. The first-order valence-corrected chi connectivity index (χ1v) is 7.40. The molecule has 0 aliphatic carbocycles. The Morgan fingerprint density at radius 1 is 1.35 bits per heavy atom. The van der Waals surface area contributed by atoms with Crippen molar-refractivity contribution in [2.75, 3.05) is 13.1 Å². The summed E-state index contributed by atoms with van der Waals surface area (Å²) in [6.45, 7) is 6.05. The fourth-order valence-electron chi connectivity index (χ4n) is 2.74. The normalized spacial score (nSPS) is 23.1. The van der Waals surface area contributed by atoms with Gasteiger partial charge in [0.15, 0.2) is 0 Å². The molecule has 0 saturated carbocycles. The highest BCUT2D eigenvalue weighted by atomic mass is 35.5. The lowest BCUT2D eigenvalue weighted by Gasteiger charge is -2.34. The van der Waals surface area contributed by atoms with Crippen LogP contribution in [0.1, 0.15) is 25.8 Å².